The number of hydrogen-bond acceptors (Lipinski definition) is 2. The summed E-state index contributed by atoms with van der Waals surface area (Å²) in [7, 11) is 0. The predicted octanol–water partition coefficient (Wildman–Crippen LogP) is 4.76. The van der Waals surface area contributed by atoms with Crippen LogP contribution in [0.1, 0.15) is 24.2 Å². The Kier molecular flexibility index (Phi) is 4.86. The van der Waals surface area contributed by atoms with E-state index in [0.29, 0.717) is 16.3 Å². The molecule has 0 aliphatic carbocycles. The van der Waals surface area contributed by atoms with E-state index >= 15 is 0 Å². The molecule has 106 valence electrons. The summed E-state index contributed by atoms with van der Waals surface area (Å²) in [6, 6.07) is 9.48. The lowest BCUT2D eigenvalue weighted by Crippen LogP contribution is -1.98. The first-order valence-corrected chi connectivity index (χ1v) is 6.77. The number of aliphatic hydroxyl groups is 1. The van der Waals surface area contributed by atoms with E-state index < -0.39 is 11.9 Å². The number of hydrogen-bond donors (Lipinski definition) is 1. The third kappa shape index (κ3) is 3.63. The zero-order valence-corrected chi connectivity index (χ0v) is 12.2. The lowest BCUT2D eigenvalue weighted by atomic mass is 10.1. The quantitative estimate of drug-likeness (QED) is 0.881. The summed E-state index contributed by atoms with van der Waals surface area (Å²) < 4.78 is 18.6. The van der Waals surface area contributed by atoms with Crippen LogP contribution in [0.2, 0.25) is 10.0 Å². The molecule has 2 nitrogen and oxygen atoms in total. The first-order chi connectivity index (χ1) is 9.47. The number of aliphatic hydroxyl groups excluding tert-OH is 1. The Morgan fingerprint density at radius 1 is 1.15 bits per heavy atom. The molecule has 0 aromatic heterocycles. The van der Waals surface area contributed by atoms with Crippen LogP contribution in [-0.2, 0) is 6.61 Å². The van der Waals surface area contributed by atoms with Gasteiger partial charge in [0.15, 0.2) is 0 Å². The second-order valence-electron chi connectivity index (χ2n) is 4.40. The van der Waals surface area contributed by atoms with Gasteiger partial charge in [-0.05, 0) is 42.3 Å². The SMILES string of the molecule is CC(O)c1ccc(OCc2ccc(F)c(Cl)c2)c(Cl)c1. The largest absolute Gasteiger partial charge is 0.487 e. The lowest BCUT2D eigenvalue weighted by Gasteiger charge is -2.11. The molecule has 20 heavy (non-hydrogen) atoms. The zero-order chi connectivity index (χ0) is 14.7. The number of halogens is 3. The van der Waals surface area contributed by atoms with Gasteiger partial charge >= 0.3 is 0 Å². The van der Waals surface area contributed by atoms with E-state index in [2.05, 4.69) is 0 Å². The first-order valence-electron chi connectivity index (χ1n) is 6.01. The zero-order valence-electron chi connectivity index (χ0n) is 10.7. The maximum Gasteiger partial charge on any atom is 0.141 e. The van der Waals surface area contributed by atoms with E-state index in [4.69, 9.17) is 27.9 Å². The smallest absolute Gasteiger partial charge is 0.141 e. The fourth-order valence-corrected chi connectivity index (χ4v) is 2.13. The van der Waals surface area contributed by atoms with Gasteiger partial charge in [0.1, 0.15) is 18.2 Å². The van der Waals surface area contributed by atoms with Crippen molar-refractivity contribution in [2.75, 3.05) is 0 Å². The minimum absolute atomic E-state index is 0.0571. The highest BCUT2D eigenvalue weighted by Crippen LogP contribution is 2.28. The predicted molar refractivity (Wildman–Crippen MR) is 77.8 cm³/mol. The molecule has 0 radical (unpaired) electrons. The van der Waals surface area contributed by atoms with Crippen molar-refractivity contribution < 1.29 is 14.2 Å². The standard InChI is InChI=1S/C15H13Cl2FO2/c1-9(19)11-3-5-15(13(17)7-11)20-8-10-2-4-14(18)12(16)6-10/h2-7,9,19H,8H2,1H3. The monoisotopic (exact) mass is 314 g/mol. The van der Waals surface area contributed by atoms with Gasteiger partial charge in [-0.3, -0.25) is 0 Å². The minimum atomic E-state index is -0.586. The van der Waals surface area contributed by atoms with Crippen LogP contribution >= 0.6 is 23.2 Å². The van der Waals surface area contributed by atoms with E-state index in [1.807, 2.05) is 0 Å². The van der Waals surface area contributed by atoms with Gasteiger partial charge < -0.3 is 9.84 Å². The molecule has 2 aromatic rings. The summed E-state index contributed by atoms with van der Waals surface area (Å²) in [5.74, 6) is 0.0336. The van der Waals surface area contributed by atoms with Gasteiger partial charge in [0, 0.05) is 0 Å². The van der Waals surface area contributed by atoms with Crippen LogP contribution in [0.25, 0.3) is 0 Å². The van der Waals surface area contributed by atoms with Gasteiger partial charge in [0.2, 0.25) is 0 Å². The minimum Gasteiger partial charge on any atom is -0.487 e. The van der Waals surface area contributed by atoms with Gasteiger partial charge in [-0.15, -0.1) is 0 Å². The molecule has 0 heterocycles. The number of ether oxygens (including phenoxy) is 1. The number of benzene rings is 2. The Morgan fingerprint density at radius 2 is 1.90 bits per heavy atom. The van der Waals surface area contributed by atoms with E-state index in [1.54, 1.807) is 31.2 Å². The normalized spacial score (nSPS) is 12.2. The first kappa shape index (κ1) is 15.1. The third-order valence-corrected chi connectivity index (χ3v) is 3.40. The fourth-order valence-electron chi connectivity index (χ4n) is 1.68. The molecule has 0 spiro atoms. The fraction of sp³-hybridized carbons (Fsp3) is 0.200. The molecule has 1 atom stereocenters. The summed E-state index contributed by atoms with van der Waals surface area (Å²) in [5.41, 5.74) is 1.46. The van der Waals surface area contributed by atoms with Crippen molar-refractivity contribution in [3.05, 3.63) is 63.4 Å². The van der Waals surface area contributed by atoms with E-state index in [0.717, 1.165) is 5.56 Å². The number of rotatable bonds is 4. The average Bonchev–Trinajstić information content (AvgIpc) is 2.41. The van der Waals surface area contributed by atoms with Crippen LogP contribution in [-0.4, -0.2) is 5.11 Å². The molecule has 1 N–H and O–H groups in total. The van der Waals surface area contributed by atoms with Gasteiger partial charge in [-0.2, -0.15) is 0 Å². The van der Waals surface area contributed by atoms with E-state index in [9.17, 15) is 9.50 Å². The highest BCUT2D eigenvalue weighted by atomic mass is 35.5. The Balaban J connectivity index is 2.09. The van der Waals surface area contributed by atoms with Crippen molar-refractivity contribution in [2.45, 2.75) is 19.6 Å². The van der Waals surface area contributed by atoms with Crippen LogP contribution in [0, 0.1) is 5.82 Å². The van der Waals surface area contributed by atoms with Crippen molar-refractivity contribution in [3.63, 3.8) is 0 Å². The molecule has 5 heteroatoms. The molecule has 0 saturated heterocycles. The topological polar surface area (TPSA) is 29.5 Å². The maximum atomic E-state index is 13.0. The molecule has 1 unspecified atom stereocenters. The summed E-state index contributed by atoms with van der Waals surface area (Å²) in [6.45, 7) is 1.89. The molecule has 0 fully saturated rings. The van der Waals surface area contributed by atoms with Gasteiger partial charge in [0.05, 0.1) is 16.1 Å². The highest BCUT2D eigenvalue weighted by molar-refractivity contribution is 6.32. The van der Waals surface area contributed by atoms with E-state index in [-0.39, 0.29) is 11.6 Å². The Bertz CT molecular complexity index is 615. The molecular weight excluding hydrogens is 302 g/mol. The molecule has 2 rings (SSSR count). The summed E-state index contributed by atoms with van der Waals surface area (Å²) in [5, 5.41) is 9.92. The molecule has 0 aliphatic heterocycles. The van der Waals surface area contributed by atoms with Crippen LogP contribution in [0.5, 0.6) is 5.75 Å². The maximum absolute atomic E-state index is 13.0. The molecule has 0 aliphatic rings. The van der Waals surface area contributed by atoms with Crippen LogP contribution in [0.3, 0.4) is 0 Å². The van der Waals surface area contributed by atoms with Crippen LogP contribution in [0.15, 0.2) is 36.4 Å². The van der Waals surface area contributed by atoms with Crippen molar-refractivity contribution in [1.29, 1.82) is 0 Å². The molecule has 0 amide bonds. The van der Waals surface area contributed by atoms with Crippen molar-refractivity contribution in [2.24, 2.45) is 0 Å². The van der Waals surface area contributed by atoms with Crippen LogP contribution < -0.4 is 4.74 Å². The highest BCUT2D eigenvalue weighted by Gasteiger charge is 2.07. The van der Waals surface area contributed by atoms with Crippen molar-refractivity contribution >= 4 is 23.2 Å². The second-order valence-corrected chi connectivity index (χ2v) is 5.22. The summed E-state index contributed by atoms with van der Waals surface area (Å²) >= 11 is 11.8. The second kappa shape index (κ2) is 6.44. The van der Waals surface area contributed by atoms with Crippen molar-refractivity contribution in [1.82, 2.24) is 0 Å². The van der Waals surface area contributed by atoms with Gasteiger partial charge in [0.25, 0.3) is 0 Å². The van der Waals surface area contributed by atoms with Crippen molar-refractivity contribution in [3.8, 4) is 5.75 Å². The van der Waals surface area contributed by atoms with Gasteiger partial charge in [-0.1, -0.05) is 35.3 Å². The van der Waals surface area contributed by atoms with Crippen LogP contribution in [0.4, 0.5) is 4.39 Å². The van der Waals surface area contributed by atoms with E-state index in [1.165, 1.54) is 12.1 Å². The third-order valence-electron chi connectivity index (χ3n) is 2.82. The summed E-state index contributed by atoms with van der Waals surface area (Å²) in [4.78, 5) is 0. The molecule has 0 saturated carbocycles. The molecule has 2 aromatic carbocycles. The molecular formula is C15H13Cl2FO2. The van der Waals surface area contributed by atoms with Gasteiger partial charge in [-0.25, -0.2) is 4.39 Å². The Morgan fingerprint density at radius 3 is 2.50 bits per heavy atom. The average molecular weight is 315 g/mol. The molecule has 0 bridgehead atoms. The Labute approximate surface area is 126 Å². The summed E-state index contributed by atoms with van der Waals surface area (Å²) in [6.07, 6.45) is -0.586. The lowest BCUT2D eigenvalue weighted by molar-refractivity contribution is 0.199. The Hall–Kier alpha value is -1.29.